The van der Waals surface area contributed by atoms with Crippen LogP contribution < -0.4 is 0 Å². The molecule has 1 heterocycles. The highest BCUT2D eigenvalue weighted by Crippen LogP contribution is 2.21. The van der Waals surface area contributed by atoms with Gasteiger partial charge in [0.2, 0.25) is 0 Å². The third-order valence-electron chi connectivity index (χ3n) is 2.67. The van der Waals surface area contributed by atoms with Gasteiger partial charge in [-0.1, -0.05) is 24.6 Å². The van der Waals surface area contributed by atoms with Gasteiger partial charge < -0.3 is 5.11 Å². The zero-order valence-electron chi connectivity index (χ0n) is 10.5. The van der Waals surface area contributed by atoms with Gasteiger partial charge in [0.25, 0.3) is 0 Å². The van der Waals surface area contributed by atoms with Crippen LogP contribution in [0.2, 0.25) is 5.15 Å². The smallest absolute Gasteiger partial charge is 0.131 e. The molecule has 0 aliphatic carbocycles. The summed E-state index contributed by atoms with van der Waals surface area (Å²) >= 11 is 6.22. The average molecular weight is 258 g/mol. The maximum absolute atomic E-state index is 9.01. The van der Waals surface area contributed by atoms with Crippen molar-refractivity contribution in [2.24, 2.45) is 7.05 Å². The number of hydrogen-bond donors (Lipinski definition) is 1. The lowest BCUT2D eigenvalue weighted by Gasteiger charge is -2.19. The maximum Gasteiger partial charge on any atom is 0.131 e. The normalized spacial score (nSPS) is 11.1. The molecule has 0 saturated carbocycles. The predicted octanol–water partition coefficient (Wildman–Crippen LogP) is 1.62. The number of aromatic nitrogens is 2. The Labute approximate surface area is 107 Å². The Morgan fingerprint density at radius 3 is 2.82 bits per heavy atom. The van der Waals surface area contributed by atoms with Crippen molar-refractivity contribution in [3.63, 3.8) is 0 Å². The van der Waals surface area contributed by atoms with E-state index in [1.165, 1.54) is 0 Å². The lowest BCUT2D eigenvalue weighted by Crippen LogP contribution is -2.27. The van der Waals surface area contributed by atoms with E-state index in [0.717, 1.165) is 24.2 Å². The van der Waals surface area contributed by atoms with Gasteiger partial charge in [0.05, 0.1) is 12.3 Å². The van der Waals surface area contributed by atoms with E-state index in [4.69, 9.17) is 16.7 Å². The number of rotatable bonds is 7. The maximum atomic E-state index is 9.01. The van der Waals surface area contributed by atoms with Gasteiger partial charge in [0.15, 0.2) is 0 Å². The second-order valence-electron chi connectivity index (χ2n) is 3.94. The SMILES string of the molecule is C=CCN(CCO)Cc1c(CC)nn(C)c1Cl. The van der Waals surface area contributed by atoms with Gasteiger partial charge >= 0.3 is 0 Å². The summed E-state index contributed by atoms with van der Waals surface area (Å²) in [6.45, 7) is 7.95. The minimum Gasteiger partial charge on any atom is -0.395 e. The fourth-order valence-electron chi connectivity index (χ4n) is 1.82. The summed E-state index contributed by atoms with van der Waals surface area (Å²) in [6, 6.07) is 0. The third kappa shape index (κ3) is 3.56. The van der Waals surface area contributed by atoms with E-state index in [1.54, 1.807) is 4.68 Å². The van der Waals surface area contributed by atoms with Crippen molar-refractivity contribution in [1.29, 1.82) is 0 Å². The van der Waals surface area contributed by atoms with Crippen LogP contribution in [0.3, 0.4) is 0 Å². The first-order chi connectivity index (χ1) is 8.13. The number of aliphatic hydroxyl groups excluding tert-OH is 1. The van der Waals surface area contributed by atoms with Crippen LogP contribution in [-0.2, 0) is 20.0 Å². The summed E-state index contributed by atoms with van der Waals surface area (Å²) in [5.74, 6) is 0. The summed E-state index contributed by atoms with van der Waals surface area (Å²) in [7, 11) is 1.84. The Morgan fingerprint density at radius 2 is 2.29 bits per heavy atom. The van der Waals surface area contributed by atoms with Crippen LogP contribution in [0.15, 0.2) is 12.7 Å². The number of nitrogens with zero attached hydrogens (tertiary/aromatic N) is 3. The fraction of sp³-hybridized carbons (Fsp3) is 0.583. The number of aryl methyl sites for hydroxylation is 2. The molecule has 17 heavy (non-hydrogen) atoms. The van der Waals surface area contributed by atoms with Crippen molar-refractivity contribution in [2.45, 2.75) is 19.9 Å². The molecule has 0 saturated heterocycles. The summed E-state index contributed by atoms with van der Waals surface area (Å²) in [5, 5.41) is 14.1. The molecule has 0 radical (unpaired) electrons. The van der Waals surface area contributed by atoms with Crippen LogP contribution >= 0.6 is 11.6 Å². The molecule has 0 bridgehead atoms. The number of aliphatic hydroxyl groups is 1. The van der Waals surface area contributed by atoms with E-state index in [9.17, 15) is 0 Å². The molecule has 0 spiro atoms. The molecule has 0 aliphatic rings. The van der Waals surface area contributed by atoms with Gasteiger partial charge in [-0.2, -0.15) is 5.10 Å². The molecule has 0 fully saturated rings. The van der Waals surface area contributed by atoms with Crippen LogP contribution in [0, 0.1) is 0 Å². The minimum absolute atomic E-state index is 0.132. The second kappa shape index (κ2) is 6.79. The van der Waals surface area contributed by atoms with Crippen LogP contribution in [0.1, 0.15) is 18.2 Å². The van der Waals surface area contributed by atoms with Crippen LogP contribution in [-0.4, -0.2) is 39.5 Å². The molecular formula is C12H20ClN3O. The Hall–Kier alpha value is -0.840. The van der Waals surface area contributed by atoms with Crippen LogP contribution in [0.25, 0.3) is 0 Å². The predicted molar refractivity (Wildman–Crippen MR) is 70.2 cm³/mol. The summed E-state index contributed by atoms with van der Waals surface area (Å²) < 4.78 is 1.70. The largest absolute Gasteiger partial charge is 0.395 e. The molecule has 4 nitrogen and oxygen atoms in total. The van der Waals surface area contributed by atoms with Crippen molar-refractivity contribution in [3.05, 3.63) is 29.1 Å². The molecule has 1 aromatic heterocycles. The monoisotopic (exact) mass is 257 g/mol. The fourth-order valence-corrected chi connectivity index (χ4v) is 2.03. The zero-order chi connectivity index (χ0) is 12.8. The van der Waals surface area contributed by atoms with Crippen molar-refractivity contribution in [1.82, 2.24) is 14.7 Å². The van der Waals surface area contributed by atoms with Crippen molar-refractivity contribution < 1.29 is 5.11 Å². The highest BCUT2D eigenvalue weighted by Gasteiger charge is 2.15. The first-order valence-electron chi connectivity index (χ1n) is 5.78. The van der Waals surface area contributed by atoms with Gasteiger partial charge in [-0.3, -0.25) is 9.58 Å². The van der Waals surface area contributed by atoms with Gasteiger partial charge in [0.1, 0.15) is 5.15 Å². The minimum atomic E-state index is 0.132. The molecule has 0 atom stereocenters. The van der Waals surface area contributed by atoms with E-state index in [0.29, 0.717) is 18.2 Å². The highest BCUT2D eigenvalue weighted by atomic mass is 35.5. The summed E-state index contributed by atoms with van der Waals surface area (Å²) in [5.41, 5.74) is 2.07. The summed E-state index contributed by atoms with van der Waals surface area (Å²) in [4.78, 5) is 2.09. The standard InChI is InChI=1S/C12H20ClN3O/c1-4-6-16(7-8-17)9-10-11(5-2)14-15(3)12(10)13/h4,17H,1,5-9H2,2-3H3. The molecule has 0 amide bonds. The molecule has 1 N–H and O–H groups in total. The Morgan fingerprint density at radius 1 is 1.59 bits per heavy atom. The van der Waals surface area contributed by atoms with Gasteiger partial charge in [-0.05, 0) is 6.42 Å². The van der Waals surface area contributed by atoms with Crippen molar-refractivity contribution in [3.8, 4) is 0 Å². The molecule has 5 heteroatoms. The van der Waals surface area contributed by atoms with Gasteiger partial charge in [-0.25, -0.2) is 0 Å². The quantitative estimate of drug-likeness (QED) is 0.755. The lowest BCUT2D eigenvalue weighted by atomic mass is 10.2. The molecular weight excluding hydrogens is 238 g/mol. The number of halogens is 1. The van der Waals surface area contributed by atoms with Crippen LogP contribution in [0.4, 0.5) is 0 Å². The van der Waals surface area contributed by atoms with E-state index < -0.39 is 0 Å². The molecule has 1 aromatic rings. The van der Waals surface area contributed by atoms with Crippen LogP contribution in [0.5, 0.6) is 0 Å². The molecule has 96 valence electrons. The van der Waals surface area contributed by atoms with E-state index in [2.05, 4.69) is 23.5 Å². The average Bonchev–Trinajstić information content (AvgIpc) is 2.57. The van der Waals surface area contributed by atoms with Crippen molar-refractivity contribution in [2.75, 3.05) is 19.7 Å². The number of hydrogen-bond acceptors (Lipinski definition) is 3. The third-order valence-corrected chi connectivity index (χ3v) is 3.15. The van der Waals surface area contributed by atoms with Crippen molar-refractivity contribution >= 4 is 11.6 Å². The Balaban J connectivity index is 2.87. The highest BCUT2D eigenvalue weighted by molar-refractivity contribution is 6.30. The summed E-state index contributed by atoms with van der Waals surface area (Å²) in [6.07, 6.45) is 2.68. The topological polar surface area (TPSA) is 41.3 Å². The van der Waals surface area contributed by atoms with E-state index >= 15 is 0 Å². The zero-order valence-corrected chi connectivity index (χ0v) is 11.2. The molecule has 0 unspecified atom stereocenters. The molecule has 0 aliphatic heterocycles. The van der Waals surface area contributed by atoms with Gasteiger partial charge in [-0.15, -0.1) is 6.58 Å². The first kappa shape index (κ1) is 14.2. The first-order valence-corrected chi connectivity index (χ1v) is 6.16. The van der Waals surface area contributed by atoms with Gasteiger partial charge in [0, 0.05) is 32.2 Å². The molecule has 1 rings (SSSR count). The lowest BCUT2D eigenvalue weighted by molar-refractivity contribution is 0.203. The second-order valence-corrected chi connectivity index (χ2v) is 4.30. The van der Waals surface area contributed by atoms with E-state index in [1.807, 2.05) is 13.1 Å². The van der Waals surface area contributed by atoms with E-state index in [-0.39, 0.29) is 6.61 Å². The Kier molecular flexibility index (Phi) is 5.68. The Bertz CT molecular complexity index is 376. The molecule has 0 aromatic carbocycles.